The minimum atomic E-state index is -0.0974. The number of nitrogens with zero attached hydrogens (tertiary/aromatic N) is 2. The fourth-order valence-electron chi connectivity index (χ4n) is 2.04. The summed E-state index contributed by atoms with van der Waals surface area (Å²) in [6.45, 7) is 0.554. The van der Waals surface area contributed by atoms with Gasteiger partial charge in [-0.25, -0.2) is 4.98 Å². The zero-order valence-electron chi connectivity index (χ0n) is 11.2. The quantitative estimate of drug-likeness (QED) is 0.774. The van der Waals surface area contributed by atoms with E-state index in [4.69, 9.17) is 5.73 Å². The molecule has 0 aliphatic heterocycles. The van der Waals surface area contributed by atoms with Gasteiger partial charge in [0.05, 0.1) is 10.2 Å². The molecule has 1 amide bonds. The van der Waals surface area contributed by atoms with E-state index in [0.717, 1.165) is 15.9 Å². The number of amides is 1. The number of hydrogen-bond acceptors (Lipinski definition) is 5. The minimum Gasteiger partial charge on any atom is -0.375 e. The first-order valence-corrected chi connectivity index (χ1v) is 7.38. The van der Waals surface area contributed by atoms with Crippen molar-refractivity contribution in [3.63, 3.8) is 0 Å². The fraction of sp³-hybridized carbons (Fsp3) is 0.133. The van der Waals surface area contributed by atoms with Crippen molar-refractivity contribution in [3.05, 3.63) is 53.9 Å². The third-order valence-electron chi connectivity index (χ3n) is 3.06. The normalized spacial score (nSPS) is 10.7. The number of anilines is 1. The Hall–Kier alpha value is -2.47. The molecule has 0 unspecified atom stereocenters. The number of carbonyl (C=O) groups excluding carboxylic acids is 1. The van der Waals surface area contributed by atoms with Crippen molar-refractivity contribution < 1.29 is 4.79 Å². The molecule has 0 aliphatic rings. The van der Waals surface area contributed by atoms with Gasteiger partial charge in [-0.2, -0.15) is 0 Å². The maximum absolute atomic E-state index is 12.1. The summed E-state index contributed by atoms with van der Waals surface area (Å²) in [5.74, 6) is -0.0974. The number of benzene rings is 1. The minimum absolute atomic E-state index is 0.0974. The first-order chi connectivity index (χ1) is 10.2. The maximum Gasteiger partial charge on any atom is 0.251 e. The second-order valence-electron chi connectivity index (χ2n) is 4.56. The van der Waals surface area contributed by atoms with Crippen LogP contribution in [0.5, 0.6) is 0 Å². The average Bonchev–Trinajstić information content (AvgIpc) is 2.87. The maximum atomic E-state index is 12.1. The lowest BCUT2D eigenvalue weighted by Gasteiger charge is -2.05. The zero-order chi connectivity index (χ0) is 14.7. The molecule has 0 atom stereocenters. The Kier molecular flexibility index (Phi) is 3.79. The van der Waals surface area contributed by atoms with Gasteiger partial charge in [0.15, 0.2) is 5.13 Å². The molecule has 3 aromatic rings. The van der Waals surface area contributed by atoms with Gasteiger partial charge in [0.25, 0.3) is 5.91 Å². The predicted molar refractivity (Wildman–Crippen MR) is 84.3 cm³/mol. The smallest absolute Gasteiger partial charge is 0.251 e. The van der Waals surface area contributed by atoms with Crippen LogP contribution in [0.15, 0.2) is 42.6 Å². The molecule has 0 saturated heterocycles. The lowest BCUT2D eigenvalue weighted by molar-refractivity contribution is 0.0954. The van der Waals surface area contributed by atoms with Crippen molar-refractivity contribution in [3.8, 4) is 0 Å². The van der Waals surface area contributed by atoms with Crippen LogP contribution < -0.4 is 11.1 Å². The molecule has 0 bridgehead atoms. The van der Waals surface area contributed by atoms with Gasteiger partial charge in [-0.1, -0.05) is 17.4 Å². The van der Waals surface area contributed by atoms with Crippen LogP contribution in [-0.2, 0) is 6.42 Å². The SMILES string of the molecule is Nc1nc2ccc(C(=O)NCCc3ccccn3)cc2s1. The first kappa shape index (κ1) is 13.5. The molecule has 0 aliphatic carbocycles. The van der Waals surface area contributed by atoms with Gasteiger partial charge in [0.1, 0.15) is 0 Å². The van der Waals surface area contributed by atoms with Gasteiger partial charge in [-0.05, 0) is 30.3 Å². The van der Waals surface area contributed by atoms with Gasteiger partial charge in [-0.15, -0.1) is 0 Å². The Balaban J connectivity index is 1.63. The van der Waals surface area contributed by atoms with Gasteiger partial charge >= 0.3 is 0 Å². The van der Waals surface area contributed by atoms with Crippen molar-refractivity contribution in [2.24, 2.45) is 0 Å². The number of nitrogen functional groups attached to an aromatic ring is 1. The summed E-state index contributed by atoms with van der Waals surface area (Å²) in [7, 11) is 0. The van der Waals surface area contributed by atoms with Crippen molar-refractivity contribution in [1.82, 2.24) is 15.3 Å². The van der Waals surface area contributed by atoms with Gasteiger partial charge in [0, 0.05) is 30.4 Å². The number of carbonyl (C=O) groups is 1. The van der Waals surface area contributed by atoms with E-state index in [-0.39, 0.29) is 5.91 Å². The van der Waals surface area contributed by atoms with E-state index in [0.29, 0.717) is 23.7 Å². The first-order valence-electron chi connectivity index (χ1n) is 6.56. The Labute approximate surface area is 125 Å². The molecule has 0 spiro atoms. The molecule has 106 valence electrons. The van der Waals surface area contributed by atoms with Crippen LogP contribution >= 0.6 is 11.3 Å². The van der Waals surface area contributed by atoms with Crippen LogP contribution in [0.2, 0.25) is 0 Å². The van der Waals surface area contributed by atoms with E-state index < -0.39 is 0 Å². The highest BCUT2D eigenvalue weighted by atomic mass is 32.1. The van der Waals surface area contributed by atoms with E-state index in [1.165, 1.54) is 11.3 Å². The van der Waals surface area contributed by atoms with Crippen LogP contribution in [0, 0.1) is 0 Å². The Morgan fingerprint density at radius 1 is 1.29 bits per heavy atom. The molecule has 6 heteroatoms. The number of nitrogens with one attached hydrogen (secondary N) is 1. The van der Waals surface area contributed by atoms with E-state index in [2.05, 4.69) is 15.3 Å². The zero-order valence-corrected chi connectivity index (χ0v) is 12.1. The summed E-state index contributed by atoms with van der Waals surface area (Å²) in [6.07, 6.45) is 2.46. The van der Waals surface area contributed by atoms with Crippen LogP contribution in [0.4, 0.5) is 5.13 Å². The lowest BCUT2D eigenvalue weighted by atomic mass is 10.2. The van der Waals surface area contributed by atoms with E-state index in [9.17, 15) is 4.79 Å². The van der Waals surface area contributed by atoms with E-state index in [1.807, 2.05) is 30.3 Å². The van der Waals surface area contributed by atoms with Crippen molar-refractivity contribution in [1.29, 1.82) is 0 Å². The Bertz CT molecular complexity index is 770. The summed E-state index contributed by atoms with van der Waals surface area (Å²) < 4.78 is 0.921. The number of aromatic nitrogens is 2. The summed E-state index contributed by atoms with van der Waals surface area (Å²) in [5, 5.41) is 3.40. The highest BCUT2D eigenvalue weighted by Crippen LogP contribution is 2.24. The van der Waals surface area contributed by atoms with Crippen LogP contribution in [0.1, 0.15) is 16.1 Å². The number of rotatable bonds is 4. The monoisotopic (exact) mass is 298 g/mol. The molecule has 3 N–H and O–H groups in total. The summed E-state index contributed by atoms with van der Waals surface area (Å²) in [4.78, 5) is 20.5. The molecule has 2 aromatic heterocycles. The second-order valence-corrected chi connectivity index (χ2v) is 5.62. The van der Waals surface area contributed by atoms with Crippen molar-refractivity contribution in [2.75, 3.05) is 12.3 Å². The number of hydrogen-bond donors (Lipinski definition) is 2. The molecule has 21 heavy (non-hydrogen) atoms. The molecule has 2 heterocycles. The molecule has 0 radical (unpaired) electrons. The highest BCUT2D eigenvalue weighted by molar-refractivity contribution is 7.22. The molecular formula is C15H14N4OS. The number of thiazole rings is 1. The topological polar surface area (TPSA) is 80.9 Å². The Morgan fingerprint density at radius 3 is 3.00 bits per heavy atom. The number of nitrogens with two attached hydrogens (primary N) is 1. The lowest BCUT2D eigenvalue weighted by Crippen LogP contribution is -2.25. The highest BCUT2D eigenvalue weighted by Gasteiger charge is 2.08. The largest absolute Gasteiger partial charge is 0.375 e. The molecule has 5 nitrogen and oxygen atoms in total. The summed E-state index contributed by atoms with van der Waals surface area (Å²) >= 11 is 1.38. The van der Waals surface area contributed by atoms with E-state index >= 15 is 0 Å². The molecule has 3 rings (SSSR count). The standard InChI is InChI=1S/C15H14N4OS/c16-15-19-12-5-4-10(9-13(12)21-15)14(20)18-8-6-11-3-1-2-7-17-11/h1-5,7,9H,6,8H2,(H2,16,19)(H,18,20). The summed E-state index contributed by atoms with van der Waals surface area (Å²) in [5.41, 5.74) is 8.06. The number of fused-ring (bicyclic) bond motifs is 1. The molecular weight excluding hydrogens is 284 g/mol. The van der Waals surface area contributed by atoms with Crippen LogP contribution in [-0.4, -0.2) is 22.4 Å². The predicted octanol–water partition coefficient (Wildman–Crippen LogP) is 2.25. The van der Waals surface area contributed by atoms with Crippen molar-refractivity contribution >= 4 is 32.6 Å². The van der Waals surface area contributed by atoms with Gasteiger partial charge in [-0.3, -0.25) is 9.78 Å². The average molecular weight is 298 g/mol. The third kappa shape index (κ3) is 3.17. The second kappa shape index (κ2) is 5.88. The van der Waals surface area contributed by atoms with Gasteiger partial charge < -0.3 is 11.1 Å². The molecule has 1 aromatic carbocycles. The molecule has 0 fully saturated rings. The van der Waals surface area contributed by atoms with Gasteiger partial charge in [0.2, 0.25) is 0 Å². The summed E-state index contributed by atoms with van der Waals surface area (Å²) in [6, 6.07) is 11.1. The van der Waals surface area contributed by atoms with Crippen molar-refractivity contribution in [2.45, 2.75) is 6.42 Å². The van der Waals surface area contributed by atoms with Crippen LogP contribution in [0.3, 0.4) is 0 Å². The Morgan fingerprint density at radius 2 is 2.19 bits per heavy atom. The number of pyridine rings is 1. The third-order valence-corrected chi connectivity index (χ3v) is 3.91. The van der Waals surface area contributed by atoms with Crippen LogP contribution in [0.25, 0.3) is 10.2 Å². The molecule has 0 saturated carbocycles. The fourth-order valence-corrected chi connectivity index (χ4v) is 2.81. The van der Waals surface area contributed by atoms with E-state index in [1.54, 1.807) is 12.3 Å².